The fourth-order valence-corrected chi connectivity index (χ4v) is 2.49. The predicted molar refractivity (Wildman–Crippen MR) is 68.1 cm³/mol. The van der Waals surface area contributed by atoms with Crippen molar-refractivity contribution in [2.75, 3.05) is 12.4 Å². The number of benzene rings is 1. The summed E-state index contributed by atoms with van der Waals surface area (Å²) in [5, 5.41) is 4.30. The maximum atomic E-state index is 5.95. The van der Waals surface area contributed by atoms with Gasteiger partial charge in [0, 0.05) is 23.9 Å². The highest BCUT2D eigenvalue weighted by atomic mass is 35.5. The molecular formula is C13H18ClNO. The zero-order valence-corrected chi connectivity index (χ0v) is 10.3. The number of hydrogen-bond acceptors (Lipinski definition) is 2. The van der Waals surface area contributed by atoms with Gasteiger partial charge in [-0.1, -0.05) is 17.7 Å². The Bertz CT molecular complexity index is 342. The standard InChI is InChI=1S/C13H18ClNO/c1-16-13-7-3-6-12(9-13)15-11-5-2-4-10(14)8-11/h2,4-5,8,12-13,15H,3,6-7,9H2,1H3. The van der Waals surface area contributed by atoms with Crippen molar-refractivity contribution in [2.24, 2.45) is 0 Å². The summed E-state index contributed by atoms with van der Waals surface area (Å²) in [5.74, 6) is 0. The van der Waals surface area contributed by atoms with Gasteiger partial charge in [0.1, 0.15) is 0 Å². The Morgan fingerprint density at radius 1 is 1.38 bits per heavy atom. The van der Waals surface area contributed by atoms with Crippen LogP contribution in [0.1, 0.15) is 25.7 Å². The first-order valence-corrected chi connectivity index (χ1v) is 6.20. The molecule has 2 rings (SSSR count). The van der Waals surface area contributed by atoms with Crippen molar-refractivity contribution >= 4 is 17.3 Å². The summed E-state index contributed by atoms with van der Waals surface area (Å²) in [6.45, 7) is 0. The molecule has 1 aromatic rings. The molecule has 0 bridgehead atoms. The summed E-state index contributed by atoms with van der Waals surface area (Å²) in [4.78, 5) is 0. The highest BCUT2D eigenvalue weighted by Gasteiger charge is 2.21. The summed E-state index contributed by atoms with van der Waals surface area (Å²) in [7, 11) is 1.80. The van der Waals surface area contributed by atoms with Crippen molar-refractivity contribution in [1.82, 2.24) is 0 Å². The zero-order chi connectivity index (χ0) is 11.4. The number of nitrogens with one attached hydrogen (secondary N) is 1. The lowest BCUT2D eigenvalue weighted by atomic mass is 9.92. The highest BCUT2D eigenvalue weighted by molar-refractivity contribution is 6.30. The molecule has 0 spiro atoms. The third-order valence-electron chi connectivity index (χ3n) is 3.15. The van der Waals surface area contributed by atoms with E-state index in [-0.39, 0.29) is 0 Å². The number of halogens is 1. The van der Waals surface area contributed by atoms with Crippen LogP contribution in [0.15, 0.2) is 24.3 Å². The molecule has 2 nitrogen and oxygen atoms in total. The van der Waals surface area contributed by atoms with Gasteiger partial charge in [0.2, 0.25) is 0 Å². The number of hydrogen-bond donors (Lipinski definition) is 1. The van der Waals surface area contributed by atoms with Gasteiger partial charge in [0.25, 0.3) is 0 Å². The third kappa shape index (κ3) is 3.13. The number of methoxy groups -OCH3 is 1. The van der Waals surface area contributed by atoms with Crippen LogP contribution in [0.4, 0.5) is 5.69 Å². The quantitative estimate of drug-likeness (QED) is 0.868. The topological polar surface area (TPSA) is 21.3 Å². The molecule has 0 heterocycles. The lowest BCUT2D eigenvalue weighted by Crippen LogP contribution is -2.30. The van der Waals surface area contributed by atoms with E-state index in [1.165, 1.54) is 19.3 Å². The van der Waals surface area contributed by atoms with Gasteiger partial charge >= 0.3 is 0 Å². The molecule has 1 aliphatic carbocycles. The highest BCUT2D eigenvalue weighted by Crippen LogP contribution is 2.24. The van der Waals surface area contributed by atoms with E-state index in [1.54, 1.807) is 7.11 Å². The molecule has 0 aromatic heterocycles. The summed E-state index contributed by atoms with van der Waals surface area (Å²) >= 11 is 5.95. The Hall–Kier alpha value is -0.730. The fraction of sp³-hybridized carbons (Fsp3) is 0.538. The molecule has 0 radical (unpaired) electrons. The van der Waals surface area contributed by atoms with Crippen LogP contribution in [0.25, 0.3) is 0 Å². The molecule has 1 aromatic carbocycles. The van der Waals surface area contributed by atoms with E-state index in [1.807, 2.05) is 18.2 Å². The van der Waals surface area contributed by atoms with Crippen LogP contribution in [0.5, 0.6) is 0 Å². The van der Waals surface area contributed by atoms with E-state index < -0.39 is 0 Å². The monoisotopic (exact) mass is 239 g/mol. The van der Waals surface area contributed by atoms with Gasteiger partial charge < -0.3 is 10.1 Å². The smallest absolute Gasteiger partial charge is 0.0590 e. The Labute approximate surface area is 102 Å². The largest absolute Gasteiger partial charge is 0.382 e. The molecule has 2 unspecified atom stereocenters. The van der Waals surface area contributed by atoms with E-state index in [0.717, 1.165) is 17.1 Å². The normalized spacial score (nSPS) is 25.4. The van der Waals surface area contributed by atoms with Crippen LogP contribution < -0.4 is 5.32 Å². The molecule has 0 amide bonds. The fourth-order valence-electron chi connectivity index (χ4n) is 2.30. The maximum Gasteiger partial charge on any atom is 0.0590 e. The SMILES string of the molecule is COC1CCCC(Nc2cccc(Cl)c2)C1. The van der Waals surface area contributed by atoms with Gasteiger partial charge in [-0.25, -0.2) is 0 Å². The Balaban J connectivity index is 1.94. The molecule has 3 heteroatoms. The van der Waals surface area contributed by atoms with Gasteiger partial charge in [-0.3, -0.25) is 0 Å². The first-order chi connectivity index (χ1) is 7.78. The Morgan fingerprint density at radius 2 is 2.25 bits per heavy atom. The average Bonchev–Trinajstić information content (AvgIpc) is 2.29. The first-order valence-electron chi connectivity index (χ1n) is 5.83. The molecule has 16 heavy (non-hydrogen) atoms. The van der Waals surface area contributed by atoms with E-state index in [4.69, 9.17) is 16.3 Å². The van der Waals surface area contributed by atoms with Crippen LogP contribution in [0.3, 0.4) is 0 Å². The van der Waals surface area contributed by atoms with E-state index in [9.17, 15) is 0 Å². The minimum absolute atomic E-state index is 0.408. The third-order valence-corrected chi connectivity index (χ3v) is 3.39. The van der Waals surface area contributed by atoms with Crippen LogP contribution in [-0.2, 0) is 4.74 Å². The summed E-state index contributed by atoms with van der Waals surface area (Å²) in [5.41, 5.74) is 1.11. The summed E-state index contributed by atoms with van der Waals surface area (Å²) in [6.07, 6.45) is 5.13. The van der Waals surface area contributed by atoms with E-state index in [2.05, 4.69) is 11.4 Å². The second kappa shape index (κ2) is 5.55. The van der Waals surface area contributed by atoms with E-state index in [0.29, 0.717) is 12.1 Å². The molecule has 1 aliphatic rings. The lowest BCUT2D eigenvalue weighted by molar-refractivity contribution is 0.0669. The van der Waals surface area contributed by atoms with Crippen molar-refractivity contribution < 1.29 is 4.74 Å². The van der Waals surface area contributed by atoms with Crippen LogP contribution in [-0.4, -0.2) is 19.3 Å². The summed E-state index contributed by atoms with van der Waals surface area (Å²) in [6, 6.07) is 8.41. The van der Waals surface area contributed by atoms with Crippen molar-refractivity contribution in [3.8, 4) is 0 Å². The summed E-state index contributed by atoms with van der Waals surface area (Å²) < 4.78 is 5.42. The molecule has 88 valence electrons. The molecule has 1 saturated carbocycles. The molecule has 0 aliphatic heterocycles. The zero-order valence-electron chi connectivity index (χ0n) is 9.58. The molecule has 2 atom stereocenters. The minimum atomic E-state index is 0.408. The Kier molecular flexibility index (Phi) is 4.08. The predicted octanol–water partition coefficient (Wildman–Crippen LogP) is 3.71. The van der Waals surface area contributed by atoms with E-state index >= 15 is 0 Å². The van der Waals surface area contributed by atoms with Crippen LogP contribution in [0, 0.1) is 0 Å². The number of rotatable bonds is 3. The van der Waals surface area contributed by atoms with Crippen LogP contribution in [0.2, 0.25) is 5.02 Å². The molecular weight excluding hydrogens is 222 g/mol. The minimum Gasteiger partial charge on any atom is -0.382 e. The van der Waals surface area contributed by atoms with Crippen molar-refractivity contribution in [1.29, 1.82) is 0 Å². The molecule has 0 saturated heterocycles. The van der Waals surface area contributed by atoms with Gasteiger partial charge in [-0.15, -0.1) is 0 Å². The van der Waals surface area contributed by atoms with Gasteiger partial charge in [0.05, 0.1) is 6.10 Å². The van der Waals surface area contributed by atoms with Gasteiger partial charge in [-0.05, 0) is 43.9 Å². The average molecular weight is 240 g/mol. The first kappa shape index (κ1) is 11.7. The van der Waals surface area contributed by atoms with Crippen molar-refractivity contribution in [2.45, 2.75) is 37.8 Å². The van der Waals surface area contributed by atoms with Crippen molar-refractivity contribution in [3.63, 3.8) is 0 Å². The molecule has 1 fully saturated rings. The Morgan fingerprint density at radius 3 is 3.00 bits per heavy atom. The van der Waals surface area contributed by atoms with Gasteiger partial charge in [0.15, 0.2) is 0 Å². The van der Waals surface area contributed by atoms with Crippen LogP contribution >= 0.6 is 11.6 Å². The number of anilines is 1. The van der Waals surface area contributed by atoms with Crippen molar-refractivity contribution in [3.05, 3.63) is 29.3 Å². The second-order valence-electron chi connectivity index (χ2n) is 4.38. The number of ether oxygens (including phenoxy) is 1. The molecule has 1 N–H and O–H groups in total. The maximum absolute atomic E-state index is 5.95. The van der Waals surface area contributed by atoms with Gasteiger partial charge in [-0.2, -0.15) is 0 Å². The lowest BCUT2D eigenvalue weighted by Gasteiger charge is -2.29. The second-order valence-corrected chi connectivity index (χ2v) is 4.81.